The molecule has 0 spiro atoms. The van der Waals surface area contributed by atoms with Crippen LogP contribution in [0.5, 0.6) is 0 Å². The van der Waals surface area contributed by atoms with Crippen molar-refractivity contribution in [2.24, 2.45) is 5.92 Å². The lowest BCUT2D eigenvalue weighted by Crippen LogP contribution is -2.73. The molecular formula is C69H64Si. The van der Waals surface area contributed by atoms with Crippen LogP contribution in [0.4, 0.5) is 0 Å². The Balaban J connectivity index is 1.62. The van der Waals surface area contributed by atoms with E-state index < -0.39 is 8.07 Å². The zero-order valence-corrected chi connectivity index (χ0v) is 43.6. The summed E-state index contributed by atoms with van der Waals surface area (Å²) in [6, 6.07) is 75.6. The Labute approximate surface area is 418 Å². The number of hydrogen-bond acceptors (Lipinski definition) is 0. The minimum atomic E-state index is -3.74. The van der Waals surface area contributed by atoms with E-state index in [4.69, 9.17) is 0 Å². The molecule has 0 N–H and O–H groups in total. The maximum Gasteiger partial charge on any atom is 0.179 e. The SMILES string of the molecule is CC1=C(C)C(C)C([Si](c2c(C)cc(C)c(-c3ccccc3)c2-c2ccccc2)(c2c(C)cc(C)c(-c3ccccc3)c2-c2ccccc2)c2c(C)cc(C)c(-c3ccccc3)c2-c2ccccc2)=C1C. The van der Waals surface area contributed by atoms with Crippen LogP contribution in [-0.4, -0.2) is 8.07 Å². The molecule has 0 bridgehead atoms. The van der Waals surface area contributed by atoms with Gasteiger partial charge in [-0.05, 0) is 190 Å². The normalized spacial score (nSPS) is 13.9. The zero-order valence-electron chi connectivity index (χ0n) is 42.6. The number of aryl methyl sites for hydroxylation is 6. The molecule has 0 saturated heterocycles. The third kappa shape index (κ3) is 7.59. The Morgan fingerprint density at radius 2 is 0.500 bits per heavy atom. The fourth-order valence-corrected chi connectivity index (χ4v) is 19.9. The molecule has 70 heavy (non-hydrogen) atoms. The van der Waals surface area contributed by atoms with Crippen molar-refractivity contribution in [3.8, 4) is 66.8 Å². The van der Waals surface area contributed by atoms with Crippen molar-refractivity contribution in [2.45, 2.75) is 69.2 Å². The molecule has 0 heterocycles. The van der Waals surface area contributed by atoms with Gasteiger partial charge in [0.25, 0.3) is 0 Å². The second kappa shape index (κ2) is 18.9. The highest BCUT2D eigenvalue weighted by molar-refractivity contribution is 7.18. The second-order valence-corrected chi connectivity index (χ2v) is 23.5. The van der Waals surface area contributed by atoms with Gasteiger partial charge in [0.1, 0.15) is 0 Å². The zero-order chi connectivity index (χ0) is 48.8. The van der Waals surface area contributed by atoms with E-state index in [2.05, 4.69) is 269 Å². The smallest absolute Gasteiger partial charge is 0.0636 e. The minimum absolute atomic E-state index is 0.158. The van der Waals surface area contributed by atoms with E-state index in [1.807, 2.05) is 0 Å². The second-order valence-electron chi connectivity index (χ2n) is 19.9. The molecule has 1 heteroatoms. The van der Waals surface area contributed by atoms with Crippen LogP contribution in [0.3, 0.4) is 0 Å². The first-order chi connectivity index (χ1) is 33.9. The molecule has 344 valence electrons. The fourth-order valence-electron chi connectivity index (χ4n) is 12.8. The topological polar surface area (TPSA) is 0 Å². The molecule has 9 aromatic rings. The van der Waals surface area contributed by atoms with Crippen molar-refractivity contribution < 1.29 is 0 Å². The summed E-state index contributed by atoms with van der Waals surface area (Å²) < 4.78 is 0. The summed E-state index contributed by atoms with van der Waals surface area (Å²) in [7, 11) is -3.74. The highest BCUT2D eigenvalue weighted by atomic mass is 28.3. The summed E-state index contributed by atoms with van der Waals surface area (Å²) in [6.45, 7) is 24.2. The molecule has 0 aliphatic heterocycles. The van der Waals surface area contributed by atoms with Crippen molar-refractivity contribution in [3.63, 3.8) is 0 Å². The molecule has 9 aromatic carbocycles. The van der Waals surface area contributed by atoms with E-state index >= 15 is 0 Å². The summed E-state index contributed by atoms with van der Waals surface area (Å²) in [5, 5.41) is 5.99. The third-order valence-corrected chi connectivity index (χ3v) is 21.5. The maximum absolute atomic E-state index is 3.74. The van der Waals surface area contributed by atoms with Crippen LogP contribution in [-0.2, 0) is 0 Å². The van der Waals surface area contributed by atoms with Crippen LogP contribution in [0, 0.1) is 47.5 Å². The molecule has 10 rings (SSSR count). The first-order valence-electron chi connectivity index (χ1n) is 25.1. The molecular weight excluding hydrogens is 857 g/mol. The van der Waals surface area contributed by atoms with E-state index in [0.717, 1.165) is 0 Å². The van der Waals surface area contributed by atoms with Gasteiger partial charge in [0.2, 0.25) is 0 Å². The molecule has 1 aliphatic rings. The van der Waals surface area contributed by atoms with E-state index in [-0.39, 0.29) is 5.92 Å². The average Bonchev–Trinajstić information content (AvgIpc) is 3.57. The summed E-state index contributed by atoms with van der Waals surface area (Å²) >= 11 is 0. The lowest BCUT2D eigenvalue weighted by Gasteiger charge is -2.46. The van der Waals surface area contributed by atoms with E-state index in [9.17, 15) is 0 Å². The number of allylic oxidation sites excluding steroid dienone is 4. The maximum atomic E-state index is 2.54. The predicted octanol–water partition coefficient (Wildman–Crippen LogP) is 16.9. The number of rotatable bonds is 10. The van der Waals surface area contributed by atoms with Gasteiger partial charge in [-0.3, -0.25) is 0 Å². The van der Waals surface area contributed by atoms with Crippen LogP contribution < -0.4 is 15.6 Å². The molecule has 1 aliphatic carbocycles. The monoisotopic (exact) mass is 920 g/mol. The van der Waals surface area contributed by atoms with E-state index in [0.29, 0.717) is 0 Å². The Kier molecular flexibility index (Phi) is 12.5. The molecule has 0 aromatic heterocycles. The van der Waals surface area contributed by atoms with Gasteiger partial charge in [0.15, 0.2) is 8.07 Å². The van der Waals surface area contributed by atoms with Gasteiger partial charge in [-0.25, -0.2) is 0 Å². The minimum Gasteiger partial charge on any atom is -0.0636 e. The first kappa shape index (κ1) is 46.4. The van der Waals surface area contributed by atoms with Crippen LogP contribution in [0.25, 0.3) is 66.8 Å². The molecule has 0 amide bonds. The van der Waals surface area contributed by atoms with Gasteiger partial charge in [-0.1, -0.05) is 223 Å². The summed E-state index contributed by atoms with van der Waals surface area (Å²) in [5.41, 5.74) is 27.5. The molecule has 0 radical (unpaired) electrons. The molecule has 1 atom stereocenters. The van der Waals surface area contributed by atoms with Crippen molar-refractivity contribution in [1.82, 2.24) is 0 Å². The number of hydrogen-bond donors (Lipinski definition) is 0. The first-order valence-corrected chi connectivity index (χ1v) is 27.1. The highest BCUT2D eigenvalue weighted by Gasteiger charge is 2.54. The molecule has 0 saturated carbocycles. The van der Waals surface area contributed by atoms with E-state index in [1.165, 1.54) is 132 Å². The van der Waals surface area contributed by atoms with Crippen molar-refractivity contribution in [2.75, 3.05) is 0 Å². The molecule has 0 nitrogen and oxygen atoms in total. The standard InChI is InChI=1S/C69H64Si/c1-44-41-47(4)66(63(57-35-23-14-24-36-57)60(44)54-29-17-11-18-30-54)70(69-52(9)50(7)51(8)53(69)10,67-48(5)42-45(2)61(55-31-19-12-20-32-55)64(67)58-37-25-15-26-38-58)68-49(6)43-46(3)62(56-33-21-13-22-34-56)65(68)59-39-27-16-28-40-59/h11-43,52H,1-10H3. The summed E-state index contributed by atoms with van der Waals surface area (Å²) in [5.74, 6) is 0.158. The van der Waals surface area contributed by atoms with Crippen molar-refractivity contribution in [1.29, 1.82) is 0 Å². The lowest BCUT2D eigenvalue weighted by molar-refractivity contribution is 0.851. The lowest BCUT2D eigenvalue weighted by atomic mass is 9.88. The Bertz CT molecular complexity index is 3140. The highest BCUT2D eigenvalue weighted by Crippen LogP contribution is 2.49. The summed E-state index contributed by atoms with van der Waals surface area (Å²) in [6.07, 6.45) is 0. The van der Waals surface area contributed by atoms with Crippen LogP contribution >= 0.6 is 0 Å². The number of benzene rings is 9. The van der Waals surface area contributed by atoms with E-state index in [1.54, 1.807) is 5.20 Å². The van der Waals surface area contributed by atoms with Gasteiger partial charge in [0.05, 0.1) is 0 Å². The summed E-state index contributed by atoms with van der Waals surface area (Å²) in [4.78, 5) is 0. The van der Waals surface area contributed by atoms with Gasteiger partial charge < -0.3 is 0 Å². The van der Waals surface area contributed by atoms with Crippen LogP contribution in [0.2, 0.25) is 0 Å². The van der Waals surface area contributed by atoms with Crippen molar-refractivity contribution in [3.05, 3.63) is 255 Å². The van der Waals surface area contributed by atoms with Gasteiger partial charge >= 0.3 is 0 Å². The van der Waals surface area contributed by atoms with Gasteiger partial charge in [-0.15, -0.1) is 0 Å². The largest absolute Gasteiger partial charge is 0.179 e. The van der Waals surface area contributed by atoms with Crippen LogP contribution in [0.1, 0.15) is 61.1 Å². The van der Waals surface area contributed by atoms with Crippen LogP contribution in [0.15, 0.2) is 222 Å². The molecule has 1 unspecified atom stereocenters. The molecule has 0 fully saturated rings. The fraction of sp³-hybridized carbons (Fsp3) is 0.159. The van der Waals surface area contributed by atoms with Crippen molar-refractivity contribution >= 4 is 23.6 Å². The Hall–Kier alpha value is -7.32. The average molecular weight is 921 g/mol. The third-order valence-electron chi connectivity index (χ3n) is 15.7. The van der Waals surface area contributed by atoms with Gasteiger partial charge in [0, 0.05) is 0 Å². The Morgan fingerprint density at radius 3 is 0.714 bits per heavy atom. The van der Waals surface area contributed by atoms with Gasteiger partial charge in [-0.2, -0.15) is 0 Å². The Morgan fingerprint density at radius 1 is 0.271 bits per heavy atom. The quantitative estimate of drug-likeness (QED) is 0.0947. The predicted molar refractivity (Wildman–Crippen MR) is 305 cm³/mol.